The van der Waals surface area contributed by atoms with E-state index in [1.165, 1.54) is 22.2 Å². The summed E-state index contributed by atoms with van der Waals surface area (Å²) in [5, 5.41) is 4.10. The van der Waals surface area contributed by atoms with E-state index in [0.29, 0.717) is 17.6 Å². The summed E-state index contributed by atoms with van der Waals surface area (Å²) in [5.41, 5.74) is 1.56. The van der Waals surface area contributed by atoms with Crippen molar-refractivity contribution in [2.75, 3.05) is 12.8 Å². The lowest BCUT2D eigenvalue weighted by molar-refractivity contribution is -0.118. The van der Waals surface area contributed by atoms with Gasteiger partial charge in [-0.1, -0.05) is 39.5 Å². The zero-order valence-corrected chi connectivity index (χ0v) is 18.5. The first-order valence-corrected chi connectivity index (χ1v) is 11.4. The van der Waals surface area contributed by atoms with Gasteiger partial charge in [0.25, 0.3) is 5.56 Å². The quantitative estimate of drug-likeness (QED) is 0.604. The van der Waals surface area contributed by atoms with E-state index in [0.717, 1.165) is 35.9 Å². The van der Waals surface area contributed by atoms with Gasteiger partial charge in [-0.3, -0.25) is 14.2 Å². The standard InChI is InChI=1S/C20H29N3O2S2/c1-6-9-23-18(25)16-13-8-7-12(20(2,3)4)10-14(13)27-17(16)22-19(23)26-11-15(24)21-5/h12H,6-11H2,1-5H3,(H,21,24)/t12-/m0/s1. The maximum Gasteiger partial charge on any atom is 0.263 e. The van der Waals surface area contributed by atoms with E-state index in [1.807, 2.05) is 0 Å². The van der Waals surface area contributed by atoms with Crippen LogP contribution in [0, 0.1) is 11.3 Å². The maximum absolute atomic E-state index is 13.3. The summed E-state index contributed by atoms with van der Waals surface area (Å²) in [6.07, 6.45) is 3.99. The van der Waals surface area contributed by atoms with E-state index in [4.69, 9.17) is 4.98 Å². The third-order valence-corrected chi connectivity index (χ3v) is 7.54. The van der Waals surface area contributed by atoms with Crippen LogP contribution in [0.15, 0.2) is 9.95 Å². The number of hydrogen-bond acceptors (Lipinski definition) is 5. The number of fused-ring (bicyclic) bond motifs is 3. The van der Waals surface area contributed by atoms with Gasteiger partial charge in [0.1, 0.15) is 4.83 Å². The van der Waals surface area contributed by atoms with Crippen molar-refractivity contribution >= 4 is 39.2 Å². The molecule has 27 heavy (non-hydrogen) atoms. The number of aryl methyl sites for hydroxylation is 1. The second kappa shape index (κ2) is 7.95. The monoisotopic (exact) mass is 407 g/mol. The number of thiophene rings is 1. The summed E-state index contributed by atoms with van der Waals surface area (Å²) in [4.78, 5) is 31.9. The highest BCUT2D eigenvalue weighted by Crippen LogP contribution is 2.42. The Morgan fingerprint density at radius 1 is 1.41 bits per heavy atom. The number of hydrogen-bond donors (Lipinski definition) is 1. The molecule has 1 N–H and O–H groups in total. The largest absolute Gasteiger partial charge is 0.358 e. The molecule has 148 valence electrons. The molecule has 5 nitrogen and oxygen atoms in total. The molecule has 1 aliphatic rings. The number of nitrogens with zero attached hydrogens (tertiary/aromatic N) is 2. The summed E-state index contributed by atoms with van der Waals surface area (Å²) in [5.74, 6) is 0.851. The zero-order valence-electron chi connectivity index (χ0n) is 16.8. The van der Waals surface area contributed by atoms with Crippen LogP contribution in [0.3, 0.4) is 0 Å². The Bertz CT molecular complexity index is 909. The molecular weight excluding hydrogens is 378 g/mol. The Kier molecular flexibility index (Phi) is 6.01. The lowest BCUT2D eigenvalue weighted by atomic mass is 9.72. The number of carbonyl (C=O) groups is 1. The highest BCUT2D eigenvalue weighted by atomic mass is 32.2. The van der Waals surface area contributed by atoms with Crippen molar-refractivity contribution in [3.63, 3.8) is 0 Å². The number of carbonyl (C=O) groups excluding carboxylic acids is 1. The van der Waals surface area contributed by atoms with E-state index < -0.39 is 0 Å². The van der Waals surface area contributed by atoms with Crippen molar-refractivity contribution in [2.45, 2.75) is 65.1 Å². The van der Waals surface area contributed by atoms with Gasteiger partial charge in [-0.25, -0.2) is 4.98 Å². The molecule has 7 heteroatoms. The average molecular weight is 408 g/mol. The summed E-state index contributed by atoms with van der Waals surface area (Å²) in [7, 11) is 1.62. The molecule has 1 amide bonds. The smallest absolute Gasteiger partial charge is 0.263 e. The number of amides is 1. The number of thioether (sulfide) groups is 1. The molecule has 0 fully saturated rings. The predicted molar refractivity (Wildman–Crippen MR) is 114 cm³/mol. The molecule has 2 aromatic heterocycles. The Balaban J connectivity index is 2.06. The molecule has 0 spiro atoms. The molecule has 0 bridgehead atoms. The number of aromatic nitrogens is 2. The first-order valence-electron chi connectivity index (χ1n) is 9.64. The van der Waals surface area contributed by atoms with Gasteiger partial charge in [0.2, 0.25) is 5.91 Å². The fourth-order valence-corrected chi connectivity index (χ4v) is 5.95. The molecule has 3 rings (SSSR count). The topological polar surface area (TPSA) is 64.0 Å². The molecule has 2 heterocycles. The van der Waals surface area contributed by atoms with Gasteiger partial charge < -0.3 is 5.32 Å². The van der Waals surface area contributed by atoms with Gasteiger partial charge in [-0.05, 0) is 42.6 Å². The van der Waals surface area contributed by atoms with E-state index in [2.05, 4.69) is 33.0 Å². The van der Waals surface area contributed by atoms with Gasteiger partial charge in [-0.15, -0.1) is 11.3 Å². The second-order valence-corrected chi connectivity index (χ2v) is 10.3. The van der Waals surface area contributed by atoms with Crippen molar-refractivity contribution in [3.05, 3.63) is 20.8 Å². The minimum Gasteiger partial charge on any atom is -0.358 e. The van der Waals surface area contributed by atoms with Crippen molar-refractivity contribution in [1.82, 2.24) is 14.9 Å². The minimum atomic E-state index is -0.0594. The molecule has 0 unspecified atom stereocenters. The van der Waals surface area contributed by atoms with Crippen LogP contribution < -0.4 is 10.9 Å². The van der Waals surface area contributed by atoms with Crippen molar-refractivity contribution < 1.29 is 4.79 Å². The van der Waals surface area contributed by atoms with Crippen LogP contribution in [-0.2, 0) is 24.2 Å². The predicted octanol–water partition coefficient (Wildman–Crippen LogP) is 3.86. The average Bonchev–Trinajstić information content (AvgIpc) is 2.99. The van der Waals surface area contributed by atoms with Crippen LogP contribution in [-0.4, -0.2) is 28.3 Å². The van der Waals surface area contributed by atoms with E-state index in [-0.39, 0.29) is 22.6 Å². The van der Waals surface area contributed by atoms with Gasteiger partial charge in [0.05, 0.1) is 11.1 Å². The van der Waals surface area contributed by atoms with Crippen molar-refractivity contribution in [2.24, 2.45) is 11.3 Å². The first-order chi connectivity index (χ1) is 12.8. The second-order valence-electron chi connectivity index (χ2n) is 8.30. The van der Waals surface area contributed by atoms with Crippen molar-refractivity contribution in [1.29, 1.82) is 0 Å². The van der Waals surface area contributed by atoms with E-state index >= 15 is 0 Å². The third-order valence-electron chi connectivity index (χ3n) is 5.42. The summed E-state index contributed by atoms with van der Waals surface area (Å²) in [6.45, 7) is 9.59. The fraction of sp³-hybridized carbons (Fsp3) is 0.650. The Morgan fingerprint density at radius 2 is 2.15 bits per heavy atom. The molecule has 0 aliphatic heterocycles. The highest BCUT2D eigenvalue weighted by Gasteiger charge is 2.32. The molecule has 0 saturated carbocycles. The summed E-state index contributed by atoms with van der Waals surface area (Å²) in [6, 6.07) is 0. The summed E-state index contributed by atoms with van der Waals surface area (Å²) >= 11 is 3.02. The molecule has 0 saturated heterocycles. The van der Waals surface area contributed by atoms with Crippen LogP contribution in [0.5, 0.6) is 0 Å². The number of nitrogens with one attached hydrogen (secondary N) is 1. The van der Waals surface area contributed by atoms with Crippen LogP contribution in [0.25, 0.3) is 10.2 Å². The number of rotatable bonds is 5. The van der Waals surface area contributed by atoms with Gasteiger partial charge in [0.15, 0.2) is 5.16 Å². The normalized spacial score (nSPS) is 17.1. The molecule has 1 aliphatic carbocycles. The molecule has 2 aromatic rings. The molecular formula is C20H29N3O2S2. The summed E-state index contributed by atoms with van der Waals surface area (Å²) < 4.78 is 1.76. The molecule has 0 aromatic carbocycles. The SMILES string of the molecule is CCCn1c(SCC(=O)NC)nc2sc3c(c2c1=O)CC[C@H](C(C)(C)C)C3. The van der Waals surface area contributed by atoms with Crippen LogP contribution in [0.1, 0.15) is 51.0 Å². The van der Waals surface area contributed by atoms with Crippen LogP contribution >= 0.6 is 23.1 Å². The van der Waals surface area contributed by atoms with Gasteiger partial charge in [-0.2, -0.15) is 0 Å². The highest BCUT2D eigenvalue weighted by molar-refractivity contribution is 7.99. The Labute approximate surface area is 169 Å². The molecule has 0 radical (unpaired) electrons. The van der Waals surface area contributed by atoms with Gasteiger partial charge in [0, 0.05) is 18.5 Å². The third kappa shape index (κ3) is 4.09. The minimum absolute atomic E-state index is 0.0594. The van der Waals surface area contributed by atoms with Crippen molar-refractivity contribution in [3.8, 4) is 0 Å². The van der Waals surface area contributed by atoms with Gasteiger partial charge >= 0.3 is 0 Å². The van der Waals surface area contributed by atoms with E-state index in [9.17, 15) is 9.59 Å². The Morgan fingerprint density at radius 3 is 2.78 bits per heavy atom. The first kappa shape index (κ1) is 20.4. The fourth-order valence-electron chi connectivity index (χ4n) is 3.71. The molecule has 1 atom stereocenters. The van der Waals surface area contributed by atoms with Crippen LogP contribution in [0.2, 0.25) is 0 Å². The maximum atomic E-state index is 13.3. The lowest BCUT2D eigenvalue weighted by Gasteiger charge is -2.33. The van der Waals surface area contributed by atoms with E-state index in [1.54, 1.807) is 23.0 Å². The van der Waals surface area contributed by atoms with Crippen LogP contribution in [0.4, 0.5) is 0 Å². The zero-order chi connectivity index (χ0) is 19.8. The Hall–Kier alpha value is -1.34. The lowest BCUT2D eigenvalue weighted by Crippen LogP contribution is -2.27.